The largest absolute Gasteiger partial charge is 0.369 e. The highest BCUT2D eigenvalue weighted by molar-refractivity contribution is 6.30. The van der Waals surface area contributed by atoms with Crippen LogP contribution in [0.4, 0.5) is 5.69 Å². The first-order chi connectivity index (χ1) is 14.2. The summed E-state index contributed by atoms with van der Waals surface area (Å²) in [5, 5.41) is 0.785. The van der Waals surface area contributed by atoms with E-state index in [1.165, 1.54) is 12.1 Å². The molecule has 2 aliphatic rings. The van der Waals surface area contributed by atoms with Crippen LogP contribution in [0.15, 0.2) is 42.9 Å². The maximum atomic E-state index is 12.7. The molecule has 4 rings (SSSR count). The maximum Gasteiger partial charge on any atom is 0.223 e. The van der Waals surface area contributed by atoms with Crippen molar-refractivity contribution in [2.24, 2.45) is 0 Å². The molecule has 154 valence electrons. The number of aryl methyl sites for hydroxylation is 1. The van der Waals surface area contributed by atoms with Gasteiger partial charge < -0.3 is 9.80 Å². The van der Waals surface area contributed by atoms with Gasteiger partial charge in [0.15, 0.2) is 0 Å². The van der Waals surface area contributed by atoms with Gasteiger partial charge in [0, 0.05) is 81.0 Å². The standard InChI is InChI=1S/C22H28ClN5O/c23-18-3-1-4-20(15-18)26-11-13-27(14-12-26)21-5-2-10-28(17-21)22(29)7-6-19-16-24-8-9-25-19/h1,3-4,8-9,15-16,21H,2,5-7,10-14,17H2/t21-/m1/s1. The van der Waals surface area contributed by atoms with Crippen molar-refractivity contribution >= 4 is 23.2 Å². The first kappa shape index (κ1) is 20.1. The third-order valence-corrected chi connectivity index (χ3v) is 6.20. The van der Waals surface area contributed by atoms with Crippen LogP contribution in [0.1, 0.15) is 25.0 Å². The number of hydrogen-bond acceptors (Lipinski definition) is 5. The lowest BCUT2D eigenvalue weighted by molar-refractivity contribution is -0.133. The zero-order valence-corrected chi connectivity index (χ0v) is 17.5. The van der Waals surface area contributed by atoms with Gasteiger partial charge in [0.05, 0.1) is 5.69 Å². The fourth-order valence-electron chi connectivity index (χ4n) is 4.35. The molecule has 0 unspecified atom stereocenters. The summed E-state index contributed by atoms with van der Waals surface area (Å²) in [5.41, 5.74) is 2.08. The van der Waals surface area contributed by atoms with Gasteiger partial charge in [-0.25, -0.2) is 0 Å². The quantitative estimate of drug-likeness (QED) is 0.754. The van der Waals surface area contributed by atoms with Crippen molar-refractivity contribution in [3.63, 3.8) is 0 Å². The van der Waals surface area contributed by atoms with Crippen molar-refractivity contribution in [2.45, 2.75) is 31.7 Å². The number of nitrogens with zero attached hydrogens (tertiary/aromatic N) is 5. The number of carbonyl (C=O) groups is 1. The van der Waals surface area contributed by atoms with Gasteiger partial charge in [0.25, 0.3) is 0 Å². The average Bonchev–Trinajstić information content (AvgIpc) is 2.78. The van der Waals surface area contributed by atoms with Gasteiger partial charge in [-0.05, 0) is 37.5 Å². The first-order valence-electron chi connectivity index (χ1n) is 10.5. The molecule has 2 aliphatic heterocycles. The van der Waals surface area contributed by atoms with Gasteiger partial charge in [-0.2, -0.15) is 0 Å². The molecule has 0 saturated carbocycles. The molecule has 2 saturated heterocycles. The molecule has 3 heterocycles. The number of piperidine rings is 1. The minimum absolute atomic E-state index is 0.234. The lowest BCUT2D eigenvalue weighted by Crippen LogP contribution is -2.55. The van der Waals surface area contributed by atoms with Gasteiger partial charge in [0.2, 0.25) is 5.91 Å². The molecule has 1 aromatic carbocycles. The second-order valence-corrected chi connectivity index (χ2v) is 8.27. The highest BCUT2D eigenvalue weighted by Gasteiger charge is 2.29. The smallest absolute Gasteiger partial charge is 0.223 e. The Kier molecular flexibility index (Phi) is 6.62. The van der Waals surface area contributed by atoms with Gasteiger partial charge >= 0.3 is 0 Å². The monoisotopic (exact) mass is 413 g/mol. The number of anilines is 1. The third-order valence-electron chi connectivity index (χ3n) is 5.96. The Morgan fingerprint density at radius 3 is 2.76 bits per heavy atom. The Labute approximate surface area is 177 Å². The number of amides is 1. The van der Waals surface area contributed by atoms with Gasteiger partial charge in [0.1, 0.15) is 0 Å². The Balaban J connectivity index is 1.27. The van der Waals surface area contributed by atoms with E-state index in [1.54, 1.807) is 18.6 Å². The number of piperazine rings is 1. The van der Waals surface area contributed by atoms with E-state index in [9.17, 15) is 4.79 Å². The van der Waals surface area contributed by atoms with Crippen LogP contribution < -0.4 is 4.90 Å². The molecule has 29 heavy (non-hydrogen) atoms. The topological polar surface area (TPSA) is 52.6 Å². The summed E-state index contributed by atoms with van der Waals surface area (Å²) in [6.07, 6.45) is 8.50. The summed E-state index contributed by atoms with van der Waals surface area (Å²) in [4.78, 5) is 28.1. The van der Waals surface area contributed by atoms with Gasteiger partial charge in [-0.3, -0.25) is 19.7 Å². The summed E-state index contributed by atoms with van der Waals surface area (Å²) in [5.74, 6) is 0.234. The predicted molar refractivity (Wildman–Crippen MR) is 115 cm³/mol. The Morgan fingerprint density at radius 2 is 2.00 bits per heavy atom. The van der Waals surface area contributed by atoms with Gasteiger partial charge in [-0.15, -0.1) is 0 Å². The fourth-order valence-corrected chi connectivity index (χ4v) is 4.53. The second kappa shape index (κ2) is 9.55. The maximum absolute atomic E-state index is 12.7. The number of likely N-dealkylation sites (tertiary alicyclic amines) is 1. The van der Waals surface area contributed by atoms with E-state index >= 15 is 0 Å². The number of hydrogen-bond donors (Lipinski definition) is 0. The van der Waals surface area contributed by atoms with E-state index in [2.05, 4.69) is 25.8 Å². The Bertz CT molecular complexity index is 810. The van der Waals surface area contributed by atoms with E-state index in [0.717, 1.165) is 56.4 Å². The van der Waals surface area contributed by atoms with E-state index in [0.29, 0.717) is 18.9 Å². The van der Waals surface area contributed by atoms with E-state index in [1.807, 2.05) is 23.1 Å². The van der Waals surface area contributed by atoms with E-state index < -0.39 is 0 Å². The number of halogens is 1. The van der Waals surface area contributed by atoms with Crippen LogP contribution in [-0.2, 0) is 11.2 Å². The van der Waals surface area contributed by atoms with Crippen molar-refractivity contribution in [3.8, 4) is 0 Å². The van der Waals surface area contributed by atoms with Crippen molar-refractivity contribution in [1.82, 2.24) is 19.8 Å². The molecule has 6 nitrogen and oxygen atoms in total. The minimum atomic E-state index is 0.234. The molecule has 0 spiro atoms. The van der Waals surface area contributed by atoms with Crippen LogP contribution in [0, 0.1) is 0 Å². The molecule has 1 aromatic heterocycles. The summed E-state index contributed by atoms with van der Waals surface area (Å²) >= 11 is 6.14. The highest BCUT2D eigenvalue weighted by atomic mass is 35.5. The molecule has 0 N–H and O–H groups in total. The zero-order chi connectivity index (χ0) is 20.1. The van der Waals surface area contributed by atoms with Crippen LogP contribution in [-0.4, -0.2) is 71.0 Å². The van der Waals surface area contributed by atoms with Crippen LogP contribution >= 0.6 is 11.6 Å². The Morgan fingerprint density at radius 1 is 1.14 bits per heavy atom. The SMILES string of the molecule is O=C(CCc1cnccn1)N1CCC[C@@H](N2CCN(c3cccc(Cl)c3)CC2)C1. The molecule has 7 heteroatoms. The minimum Gasteiger partial charge on any atom is -0.369 e. The van der Waals surface area contributed by atoms with Crippen molar-refractivity contribution in [1.29, 1.82) is 0 Å². The molecule has 0 bridgehead atoms. The molecule has 2 fully saturated rings. The normalized spacial score (nSPS) is 20.7. The van der Waals surface area contributed by atoms with Crippen molar-refractivity contribution in [2.75, 3.05) is 44.2 Å². The summed E-state index contributed by atoms with van der Waals surface area (Å²) in [6.45, 7) is 5.77. The zero-order valence-electron chi connectivity index (χ0n) is 16.7. The number of rotatable bonds is 5. The fraction of sp³-hybridized carbons (Fsp3) is 0.500. The third kappa shape index (κ3) is 5.25. The summed E-state index contributed by atoms with van der Waals surface area (Å²) in [6, 6.07) is 8.55. The summed E-state index contributed by atoms with van der Waals surface area (Å²) < 4.78 is 0. The van der Waals surface area contributed by atoms with Crippen LogP contribution in [0.2, 0.25) is 5.02 Å². The van der Waals surface area contributed by atoms with Crippen LogP contribution in [0.5, 0.6) is 0 Å². The van der Waals surface area contributed by atoms with E-state index in [4.69, 9.17) is 11.6 Å². The summed E-state index contributed by atoms with van der Waals surface area (Å²) in [7, 11) is 0. The second-order valence-electron chi connectivity index (χ2n) is 7.84. The lowest BCUT2D eigenvalue weighted by Gasteiger charge is -2.44. The molecule has 0 aliphatic carbocycles. The van der Waals surface area contributed by atoms with Crippen molar-refractivity contribution < 1.29 is 4.79 Å². The molecule has 1 amide bonds. The lowest BCUT2D eigenvalue weighted by atomic mass is 10.0. The highest BCUT2D eigenvalue weighted by Crippen LogP contribution is 2.23. The molecular weight excluding hydrogens is 386 g/mol. The molecule has 2 aromatic rings. The molecule has 0 radical (unpaired) electrons. The predicted octanol–water partition coefficient (Wildman–Crippen LogP) is 2.88. The molecular formula is C22H28ClN5O. The molecule has 1 atom stereocenters. The van der Waals surface area contributed by atoms with Crippen LogP contribution in [0.25, 0.3) is 0 Å². The number of carbonyl (C=O) groups excluding carboxylic acids is 1. The first-order valence-corrected chi connectivity index (χ1v) is 10.8. The van der Waals surface area contributed by atoms with Crippen LogP contribution in [0.3, 0.4) is 0 Å². The van der Waals surface area contributed by atoms with E-state index in [-0.39, 0.29) is 5.91 Å². The average molecular weight is 414 g/mol. The van der Waals surface area contributed by atoms with Gasteiger partial charge in [-0.1, -0.05) is 17.7 Å². The Hall–Kier alpha value is -2.18. The number of aromatic nitrogens is 2. The van der Waals surface area contributed by atoms with Crippen molar-refractivity contribution in [3.05, 3.63) is 53.6 Å². The number of benzene rings is 1.